The summed E-state index contributed by atoms with van der Waals surface area (Å²) in [7, 11) is 0. The van der Waals surface area contributed by atoms with Crippen LogP contribution in [0.15, 0.2) is 70.1 Å². The highest BCUT2D eigenvalue weighted by Gasteiger charge is 2.30. The van der Waals surface area contributed by atoms with E-state index < -0.39 is 0 Å². The fraction of sp³-hybridized carbons (Fsp3) is 0.250. The zero-order valence-corrected chi connectivity index (χ0v) is 22.2. The van der Waals surface area contributed by atoms with Gasteiger partial charge in [-0.1, -0.05) is 33.2 Å². The minimum absolute atomic E-state index is 0.0478. The molecule has 1 N–H and O–H groups in total. The maximum absolute atomic E-state index is 13.4. The molecule has 1 aliphatic rings. The van der Waals surface area contributed by atoms with Gasteiger partial charge in [-0.05, 0) is 74.6 Å². The van der Waals surface area contributed by atoms with Crippen molar-refractivity contribution in [2.24, 2.45) is 0 Å². The van der Waals surface area contributed by atoms with E-state index in [-0.39, 0.29) is 11.8 Å². The molecule has 2 aromatic heterocycles. The summed E-state index contributed by atoms with van der Waals surface area (Å²) in [6.07, 6.45) is 4.66. The summed E-state index contributed by atoms with van der Waals surface area (Å²) in [5.41, 5.74) is 4.95. The Morgan fingerprint density at radius 2 is 1.70 bits per heavy atom. The summed E-state index contributed by atoms with van der Waals surface area (Å²) in [5.74, 6) is 0.567. The van der Waals surface area contributed by atoms with Crippen LogP contribution in [0, 0.1) is 13.8 Å². The SMILES string of the molecule is Cc1ncncc1C(=O)Nc1ccc(C2CCN(C(=O)c3c(C)noc3-c3ccc(Br)cc3)CC2)cc1. The van der Waals surface area contributed by atoms with Crippen LogP contribution in [-0.2, 0) is 0 Å². The molecule has 2 aromatic carbocycles. The van der Waals surface area contributed by atoms with Gasteiger partial charge in [0.25, 0.3) is 11.8 Å². The lowest BCUT2D eigenvalue weighted by Gasteiger charge is -2.32. The van der Waals surface area contributed by atoms with Gasteiger partial charge in [0.1, 0.15) is 11.9 Å². The average molecular weight is 560 g/mol. The Labute approximate surface area is 223 Å². The number of hydrogen-bond donors (Lipinski definition) is 1. The van der Waals surface area contributed by atoms with Crippen LogP contribution in [0.2, 0.25) is 0 Å². The maximum atomic E-state index is 13.4. The van der Waals surface area contributed by atoms with Crippen molar-refractivity contribution in [3.63, 3.8) is 0 Å². The first-order valence-corrected chi connectivity index (χ1v) is 12.9. The van der Waals surface area contributed by atoms with Gasteiger partial charge < -0.3 is 14.7 Å². The lowest BCUT2D eigenvalue weighted by Crippen LogP contribution is -2.38. The van der Waals surface area contributed by atoms with Crippen LogP contribution >= 0.6 is 15.9 Å². The van der Waals surface area contributed by atoms with Crippen LogP contribution in [-0.4, -0.2) is 44.9 Å². The molecule has 4 aromatic rings. The van der Waals surface area contributed by atoms with Crippen LogP contribution in [0.25, 0.3) is 11.3 Å². The summed E-state index contributed by atoms with van der Waals surface area (Å²) in [5, 5.41) is 6.98. The van der Waals surface area contributed by atoms with Crippen LogP contribution in [0.3, 0.4) is 0 Å². The molecule has 0 aliphatic carbocycles. The highest BCUT2D eigenvalue weighted by molar-refractivity contribution is 9.10. The van der Waals surface area contributed by atoms with Gasteiger partial charge in [0, 0.05) is 35.0 Å². The molecule has 5 rings (SSSR count). The second-order valence-electron chi connectivity index (χ2n) is 9.14. The number of anilines is 1. The molecule has 0 radical (unpaired) electrons. The summed E-state index contributed by atoms with van der Waals surface area (Å²) < 4.78 is 6.50. The first-order valence-electron chi connectivity index (χ1n) is 12.1. The second kappa shape index (κ2) is 10.6. The third-order valence-electron chi connectivity index (χ3n) is 6.76. The average Bonchev–Trinajstić information content (AvgIpc) is 3.30. The standard InChI is InChI=1S/C28H26BrN5O3/c1-17-24(15-30-16-31-17)27(35)32-23-9-5-19(6-10-23)20-11-13-34(14-12-20)28(36)25-18(2)33-37-26(25)21-3-7-22(29)8-4-21/h3-10,15-16,20H,11-14H2,1-2H3,(H,32,35). The molecule has 0 saturated carbocycles. The first kappa shape index (κ1) is 24.8. The summed E-state index contributed by atoms with van der Waals surface area (Å²) in [6.45, 7) is 4.89. The van der Waals surface area contributed by atoms with E-state index >= 15 is 0 Å². The van der Waals surface area contributed by atoms with E-state index in [1.807, 2.05) is 53.4 Å². The van der Waals surface area contributed by atoms with E-state index in [0.29, 0.717) is 53.0 Å². The summed E-state index contributed by atoms with van der Waals surface area (Å²) in [6, 6.07) is 15.6. The van der Waals surface area contributed by atoms with Crippen LogP contribution in [0.5, 0.6) is 0 Å². The summed E-state index contributed by atoms with van der Waals surface area (Å²) >= 11 is 3.44. The predicted octanol–water partition coefficient (Wildman–Crippen LogP) is 5.78. The van der Waals surface area contributed by atoms with Crippen molar-refractivity contribution < 1.29 is 14.1 Å². The highest BCUT2D eigenvalue weighted by Crippen LogP contribution is 2.32. The van der Waals surface area contributed by atoms with Gasteiger partial charge in [-0.15, -0.1) is 0 Å². The number of rotatable bonds is 5. The molecule has 3 heterocycles. The van der Waals surface area contributed by atoms with E-state index in [4.69, 9.17) is 4.52 Å². The molecule has 0 unspecified atom stereocenters. The minimum atomic E-state index is -0.232. The Morgan fingerprint density at radius 1 is 1.00 bits per heavy atom. The van der Waals surface area contributed by atoms with Crippen LogP contribution in [0.4, 0.5) is 5.69 Å². The third-order valence-corrected chi connectivity index (χ3v) is 7.29. The molecule has 8 nitrogen and oxygen atoms in total. The van der Waals surface area contributed by atoms with Crippen molar-refractivity contribution in [2.75, 3.05) is 18.4 Å². The van der Waals surface area contributed by atoms with E-state index in [0.717, 1.165) is 22.9 Å². The topological polar surface area (TPSA) is 101 Å². The number of piperidine rings is 1. The summed E-state index contributed by atoms with van der Waals surface area (Å²) in [4.78, 5) is 35.9. The number of benzene rings is 2. The number of carbonyl (C=O) groups is 2. The lowest BCUT2D eigenvalue weighted by molar-refractivity contribution is 0.0712. The number of hydrogen-bond acceptors (Lipinski definition) is 6. The molecule has 1 aliphatic heterocycles. The molecular formula is C28H26BrN5O3. The van der Waals surface area contributed by atoms with Gasteiger partial charge in [-0.25, -0.2) is 9.97 Å². The molecule has 1 fully saturated rings. The quantitative estimate of drug-likeness (QED) is 0.332. The Balaban J connectivity index is 1.22. The van der Waals surface area contributed by atoms with Gasteiger partial charge >= 0.3 is 0 Å². The fourth-order valence-corrected chi connectivity index (χ4v) is 4.91. The van der Waals surface area contributed by atoms with Crippen molar-refractivity contribution in [1.29, 1.82) is 0 Å². The number of halogens is 1. The van der Waals surface area contributed by atoms with Crippen molar-refractivity contribution in [3.05, 3.63) is 93.6 Å². The van der Waals surface area contributed by atoms with Gasteiger partial charge in [0.2, 0.25) is 0 Å². The van der Waals surface area contributed by atoms with Gasteiger partial charge in [-0.3, -0.25) is 9.59 Å². The number of nitrogens with one attached hydrogen (secondary N) is 1. The number of aryl methyl sites for hydroxylation is 2. The molecule has 188 valence electrons. The molecule has 9 heteroatoms. The zero-order chi connectivity index (χ0) is 25.9. The van der Waals surface area contributed by atoms with Crippen molar-refractivity contribution in [1.82, 2.24) is 20.0 Å². The Kier molecular flexibility index (Phi) is 7.14. The van der Waals surface area contributed by atoms with Gasteiger partial charge in [0.05, 0.1) is 17.0 Å². The number of nitrogens with zero attached hydrogens (tertiary/aromatic N) is 4. The first-order chi connectivity index (χ1) is 17.9. The third kappa shape index (κ3) is 5.32. The van der Waals surface area contributed by atoms with E-state index in [1.54, 1.807) is 13.8 Å². The second-order valence-corrected chi connectivity index (χ2v) is 10.1. The minimum Gasteiger partial charge on any atom is -0.355 e. The molecular weight excluding hydrogens is 534 g/mol. The van der Waals surface area contributed by atoms with Crippen LogP contribution in [0.1, 0.15) is 56.4 Å². The normalized spacial score (nSPS) is 14.0. The molecule has 0 bridgehead atoms. The van der Waals surface area contributed by atoms with Crippen molar-refractivity contribution >= 4 is 33.4 Å². The smallest absolute Gasteiger partial charge is 0.259 e. The largest absolute Gasteiger partial charge is 0.355 e. The zero-order valence-electron chi connectivity index (χ0n) is 20.6. The van der Waals surface area contributed by atoms with E-state index in [9.17, 15) is 9.59 Å². The predicted molar refractivity (Wildman–Crippen MR) is 143 cm³/mol. The van der Waals surface area contributed by atoms with Crippen molar-refractivity contribution in [3.8, 4) is 11.3 Å². The van der Waals surface area contributed by atoms with Gasteiger partial charge in [0.15, 0.2) is 5.76 Å². The number of aromatic nitrogens is 3. The van der Waals surface area contributed by atoms with E-state index in [2.05, 4.69) is 36.4 Å². The number of carbonyl (C=O) groups excluding carboxylic acids is 2. The van der Waals surface area contributed by atoms with Crippen molar-refractivity contribution in [2.45, 2.75) is 32.6 Å². The molecule has 2 amide bonds. The lowest BCUT2D eigenvalue weighted by atomic mass is 9.89. The highest BCUT2D eigenvalue weighted by atomic mass is 79.9. The molecule has 0 atom stereocenters. The number of likely N-dealkylation sites (tertiary alicyclic amines) is 1. The fourth-order valence-electron chi connectivity index (χ4n) is 4.64. The molecule has 0 spiro atoms. The number of amides is 2. The van der Waals surface area contributed by atoms with Crippen LogP contribution < -0.4 is 5.32 Å². The Morgan fingerprint density at radius 3 is 2.38 bits per heavy atom. The molecule has 1 saturated heterocycles. The molecule has 37 heavy (non-hydrogen) atoms. The van der Waals surface area contributed by atoms with E-state index in [1.165, 1.54) is 18.1 Å². The Bertz CT molecular complexity index is 1430. The maximum Gasteiger partial charge on any atom is 0.259 e. The van der Waals surface area contributed by atoms with Gasteiger partial charge in [-0.2, -0.15) is 0 Å². The monoisotopic (exact) mass is 559 g/mol. The Hall–Kier alpha value is -3.85.